The van der Waals surface area contributed by atoms with E-state index in [-0.39, 0.29) is 23.7 Å². The molecule has 1 aliphatic heterocycles. The highest BCUT2D eigenvalue weighted by Gasteiger charge is 2.29. The molecule has 1 aromatic rings. The van der Waals surface area contributed by atoms with Crippen LogP contribution in [0.25, 0.3) is 0 Å². The summed E-state index contributed by atoms with van der Waals surface area (Å²) in [6, 6.07) is 5.75. The lowest BCUT2D eigenvalue weighted by Crippen LogP contribution is -2.42. The Bertz CT molecular complexity index is 760. The third kappa shape index (κ3) is 8.53. The van der Waals surface area contributed by atoms with Crippen LogP contribution in [0.4, 0.5) is 4.79 Å². The Labute approximate surface area is 188 Å². The zero-order chi connectivity index (χ0) is 22.1. The molecule has 4 atom stereocenters. The average molecular weight is 506 g/mol. The highest BCUT2D eigenvalue weighted by atomic mass is 79.9. The third-order valence-corrected chi connectivity index (χ3v) is 6.82. The van der Waals surface area contributed by atoms with Crippen molar-refractivity contribution < 1.29 is 26.9 Å². The number of amides is 1. The first kappa shape index (κ1) is 25.1. The molecule has 0 aromatic heterocycles. The van der Waals surface area contributed by atoms with Crippen LogP contribution >= 0.6 is 15.9 Å². The molecule has 170 valence electrons. The second-order valence-corrected chi connectivity index (χ2v) is 10.4. The number of carbonyl (C=O) groups excluding carboxylic acids is 1. The molecule has 0 bridgehead atoms. The average Bonchev–Trinajstić information content (AvgIpc) is 2.66. The van der Waals surface area contributed by atoms with E-state index < -0.39 is 22.3 Å². The summed E-state index contributed by atoms with van der Waals surface area (Å²) in [6.45, 7) is 6.25. The first-order valence-electron chi connectivity index (χ1n) is 10.4. The fourth-order valence-electron chi connectivity index (χ4n) is 3.66. The van der Waals surface area contributed by atoms with Gasteiger partial charge in [0.05, 0.1) is 36.4 Å². The van der Waals surface area contributed by atoms with E-state index in [4.69, 9.17) is 13.7 Å². The van der Waals surface area contributed by atoms with Gasteiger partial charge in [-0.25, -0.2) is 4.79 Å². The van der Waals surface area contributed by atoms with Gasteiger partial charge in [0.25, 0.3) is 10.1 Å². The summed E-state index contributed by atoms with van der Waals surface area (Å²) in [5.74, 6) is 0.295. The maximum atomic E-state index is 12.5. The molecular formula is C21H32BrNO6S. The molecular weight excluding hydrogens is 474 g/mol. The molecule has 1 unspecified atom stereocenters. The van der Waals surface area contributed by atoms with Crippen LogP contribution < -0.4 is 5.32 Å². The van der Waals surface area contributed by atoms with E-state index in [0.717, 1.165) is 30.2 Å². The fourth-order valence-corrected chi connectivity index (χ4v) is 4.88. The highest BCUT2D eigenvalue weighted by molar-refractivity contribution is 9.10. The number of nitrogens with one attached hydrogen (secondary N) is 1. The largest absolute Gasteiger partial charge is 0.450 e. The quantitative estimate of drug-likeness (QED) is 0.367. The van der Waals surface area contributed by atoms with Gasteiger partial charge in [0.15, 0.2) is 0 Å². The summed E-state index contributed by atoms with van der Waals surface area (Å²) >= 11 is 3.28. The summed E-state index contributed by atoms with van der Waals surface area (Å²) in [4.78, 5) is 12.2. The minimum absolute atomic E-state index is 0.0725. The zero-order valence-corrected chi connectivity index (χ0v) is 20.2. The zero-order valence-electron chi connectivity index (χ0n) is 17.8. The van der Waals surface area contributed by atoms with Crippen LogP contribution in [0.1, 0.15) is 52.9 Å². The molecule has 1 saturated heterocycles. The molecule has 0 aliphatic carbocycles. The van der Waals surface area contributed by atoms with Crippen LogP contribution in [0.15, 0.2) is 33.6 Å². The Hall–Kier alpha value is -1.16. The summed E-state index contributed by atoms with van der Waals surface area (Å²) < 4.78 is 42.1. The maximum Gasteiger partial charge on any atom is 0.407 e. The number of halogens is 1. The van der Waals surface area contributed by atoms with Crippen LogP contribution in [0.5, 0.6) is 0 Å². The van der Waals surface area contributed by atoms with Gasteiger partial charge in [0, 0.05) is 4.47 Å². The molecule has 2 rings (SSSR count). The van der Waals surface area contributed by atoms with Gasteiger partial charge in [-0.15, -0.1) is 0 Å². The number of rotatable bonds is 10. The molecule has 1 aliphatic rings. The predicted octanol–water partition coefficient (Wildman–Crippen LogP) is 4.64. The van der Waals surface area contributed by atoms with E-state index in [9.17, 15) is 13.2 Å². The van der Waals surface area contributed by atoms with Crippen LogP contribution in [-0.4, -0.2) is 46.0 Å². The van der Waals surface area contributed by atoms with Gasteiger partial charge < -0.3 is 14.8 Å². The number of benzene rings is 1. The normalized spacial score (nSPS) is 23.0. The van der Waals surface area contributed by atoms with Gasteiger partial charge in [-0.2, -0.15) is 8.42 Å². The first-order chi connectivity index (χ1) is 14.2. The molecule has 1 aromatic carbocycles. The van der Waals surface area contributed by atoms with Crippen molar-refractivity contribution in [3.05, 3.63) is 28.7 Å². The van der Waals surface area contributed by atoms with E-state index in [2.05, 4.69) is 21.2 Å². The molecule has 9 heteroatoms. The van der Waals surface area contributed by atoms with Gasteiger partial charge in [0.1, 0.15) is 0 Å². The van der Waals surface area contributed by atoms with Crippen LogP contribution in [0.2, 0.25) is 0 Å². The minimum Gasteiger partial charge on any atom is -0.450 e. The van der Waals surface area contributed by atoms with E-state index in [0.29, 0.717) is 18.9 Å². The molecule has 0 saturated carbocycles. The lowest BCUT2D eigenvalue weighted by atomic mass is 9.87. The van der Waals surface area contributed by atoms with Crippen molar-refractivity contribution in [2.75, 3.05) is 13.2 Å². The molecule has 1 fully saturated rings. The second-order valence-electron chi connectivity index (χ2n) is 7.85. The van der Waals surface area contributed by atoms with Crippen molar-refractivity contribution in [1.82, 2.24) is 5.32 Å². The van der Waals surface area contributed by atoms with E-state index in [1.54, 1.807) is 12.1 Å². The van der Waals surface area contributed by atoms with E-state index >= 15 is 0 Å². The standard InChI is InChI=1S/C21H32BrNO6S/c1-4-5-10-27-21(24)23-19(13-17-11-15(2)29-16(3)12-17)14-28-30(25,26)20-8-6-18(22)7-9-20/h6-9,15-17,19H,4-5,10-14H2,1-3H3,(H,23,24)/t15-,16+,17?,19-/m0/s1. The first-order valence-corrected chi connectivity index (χ1v) is 12.6. The molecule has 1 amide bonds. The Morgan fingerprint density at radius 2 is 1.87 bits per heavy atom. The van der Waals surface area contributed by atoms with Gasteiger partial charge in [-0.1, -0.05) is 29.3 Å². The fraction of sp³-hybridized carbons (Fsp3) is 0.667. The van der Waals surface area contributed by atoms with Gasteiger partial charge in [0.2, 0.25) is 0 Å². The van der Waals surface area contributed by atoms with Gasteiger partial charge >= 0.3 is 6.09 Å². The number of hydrogen-bond acceptors (Lipinski definition) is 6. The van der Waals surface area contributed by atoms with Crippen LogP contribution in [-0.2, 0) is 23.8 Å². The Balaban J connectivity index is 2.02. The van der Waals surface area contributed by atoms with Gasteiger partial charge in [-0.05, 0) is 69.7 Å². The monoisotopic (exact) mass is 505 g/mol. The molecule has 0 radical (unpaired) electrons. The van der Waals surface area contributed by atoms with E-state index in [1.807, 2.05) is 20.8 Å². The smallest absolute Gasteiger partial charge is 0.407 e. The number of carbonyl (C=O) groups is 1. The van der Waals surface area contributed by atoms with Crippen LogP contribution in [0.3, 0.4) is 0 Å². The number of alkyl carbamates (subject to hydrolysis) is 1. The Morgan fingerprint density at radius 3 is 2.47 bits per heavy atom. The predicted molar refractivity (Wildman–Crippen MR) is 118 cm³/mol. The number of ether oxygens (including phenoxy) is 2. The molecule has 1 N–H and O–H groups in total. The van der Waals surface area contributed by atoms with Crippen molar-refractivity contribution in [3.63, 3.8) is 0 Å². The molecule has 1 heterocycles. The SMILES string of the molecule is CCCCOC(=O)N[C@H](COS(=O)(=O)c1ccc(Br)cc1)CC1C[C@@H](C)O[C@@H](C)C1. The van der Waals surface area contributed by atoms with Crippen LogP contribution in [0, 0.1) is 5.92 Å². The van der Waals surface area contributed by atoms with Crippen molar-refractivity contribution in [2.24, 2.45) is 5.92 Å². The molecule has 7 nitrogen and oxygen atoms in total. The molecule has 0 spiro atoms. The lowest BCUT2D eigenvalue weighted by molar-refractivity contribution is -0.0554. The van der Waals surface area contributed by atoms with Crippen molar-refractivity contribution >= 4 is 32.1 Å². The lowest BCUT2D eigenvalue weighted by Gasteiger charge is -2.34. The Kier molecular flexibility index (Phi) is 10.1. The number of hydrogen-bond donors (Lipinski definition) is 1. The summed E-state index contributed by atoms with van der Waals surface area (Å²) in [7, 11) is -3.93. The minimum atomic E-state index is -3.93. The van der Waals surface area contributed by atoms with Crippen molar-refractivity contribution in [1.29, 1.82) is 0 Å². The molecule has 30 heavy (non-hydrogen) atoms. The van der Waals surface area contributed by atoms with E-state index in [1.165, 1.54) is 12.1 Å². The summed E-state index contributed by atoms with van der Waals surface area (Å²) in [5, 5.41) is 2.79. The Morgan fingerprint density at radius 1 is 1.23 bits per heavy atom. The third-order valence-electron chi connectivity index (χ3n) is 4.99. The number of unbranched alkanes of at least 4 members (excludes halogenated alkanes) is 1. The van der Waals surface area contributed by atoms with Crippen molar-refractivity contribution in [3.8, 4) is 0 Å². The highest BCUT2D eigenvalue weighted by Crippen LogP contribution is 2.28. The maximum absolute atomic E-state index is 12.5. The summed E-state index contributed by atoms with van der Waals surface area (Å²) in [6.07, 6.45) is 3.71. The summed E-state index contributed by atoms with van der Waals surface area (Å²) in [5.41, 5.74) is 0. The second kappa shape index (κ2) is 12.0. The topological polar surface area (TPSA) is 90.9 Å². The van der Waals surface area contributed by atoms with Gasteiger partial charge in [-0.3, -0.25) is 4.18 Å². The van der Waals surface area contributed by atoms with Crippen molar-refractivity contribution in [2.45, 2.75) is 76.0 Å².